The van der Waals surface area contributed by atoms with Crippen molar-refractivity contribution < 1.29 is 0 Å². The molecule has 2 N–H and O–H groups in total. The number of nitrogens with zero attached hydrogens (tertiary/aromatic N) is 4. The Morgan fingerprint density at radius 2 is 2.15 bits per heavy atom. The zero-order valence-corrected chi connectivity index (χ0v) is 13.7. The van der Waals surface area contributed by atoms with E-state index in [2.05, 4.69) is 45.3 Å². The van der Waals surface area contributed by atoms with Crippen LogP contribution in [-0.4, -0.2) is 20.2 Å². The molecule has 0 amide bonds. The maximum absolute atomic E-state index is 6.03. The molecule has 0 radical (unpaired) electrons. The Bertz CT molecular complexity index is 593. The van der Waals surface area contributed by atoms with Crippen molar-refractivity contribution in [2.45, 2.75) is 46.1 Å². The van der Waals surface area contributed by atoms with Crippen LogP contribution in [0.25, 0.3) is 11.4 Å². The number of aromatic nitrogens is 4. The SMILES string of the molecule is CCCCC(C)n1nnnc1-c1cc(Br)cc(N)c1C. The minimum atomic E-state index is 0.277. The number of unbranched alkanes of at least 4 members (excludes halogenated alkanes) is 1. The van der Waals surface area contributed by atoms with Crippen LogP contribution in [0.4, 0.5) is 5.69 Å². The molecule has 1 unspecified atom stereocenters. The van der Waals surface area contributed by atoms with Gasteiger partial charge in [0.05, 0.1) is 6.04 Å². The van der Waals surface area contributed by atoms with Crippen LogP contribution in [0.3, 0.4) is 0 Å². The lowest BCUT2D eigenvalue weighted by Crippen LogP contribution is -2.10. The molecule has 108 valence electrons. The lowest BCUT2D eigenvalue weighted by atomic mass is 10.1. The standard InChI is InChI=1S/C14H20BrN5/c1-4-5-6-9(2)20-14(17-18-19-20)12-7-11(15)8-13(16)10(12)3/h7-9H,4-6,16H2,1-3H3. The zero-order valence-electron chi connectivity index (χ0n) is 12.1. The molecule has 5 nitrogen and oxygen atoms in total. The highest BCUT2D eigenvalue weighted by Crippen LogP contribution is 2.31. The molecule has 0 saturated carbocycles. The highest BCUT2D eigenvalue weighted by Gasteiger charge is 2.17. The number of anilines is 1. The van der Waals surface area contributed by atoms with Crippen LogP contribution in [0.15, 0.2) is 16.6 Å². The van der Waals surface area contributed by atoms with Gasteiger partial charge in [0.1, 0.15) is 0 Å². The normalized spacial score (nSPS) is 12.6. The molecule has 2 rings (SSSR count). The molecule has 1 aromatic carbocycles. The second-order valence-electron chi connectivity index (χ2n) is 5.11. The third-order valence-electron chi connectivity index (χ3n) is 3.54. The molecule has 1 atom stereocenters. The fraction of sp³-hybridized carbons (Fsp3) is 0.500. The first kappa shape index (κ1) is 15.0. The van der Waals surface area contributed by atoms with Crippen LogP contribution < -0.4 is 5.73 Å². The molecule has 0 spiro atoms. The van der Waals surface area contributed by atoms with Gasteiger partial charge in [-0.25, -0.2) is 4.68 Å². The van der Waals surface area contributed by atoms with E-state index in [1.54, 1.807) is 0 Å². The van der Waals surface area contributed by atoms with Gasteiger partial charge in [-0.3, -0.25) is 0 Å². The second-order valence-corrected chi connectivity index (χ2v) is 6.02. The molecule has 0 saturated heterocycles. The van der Waals surface area contributed by atoms with Gasteiger partial charge < -0.3 is 5.73 Å². The average Bonchev–Trinajstić information content (AvgIpc) is 2.89. The van der Waals surface area contributed by atoms with Crippen molar-refractivity contribution in [3.05, 3.63) is 22.2 Å². The van der Waals surface area contributed by atoms with Gasteiger partial charge >= 0.3 is 0 Å². The van der Waals surface area contributed by atoms with Crippen molar-refractivity contribution in [2.75, 3.05) is 5.73 Å². The fourth-order valence-electron chi connectivity index (χ4n) is 2.22. The Morgan fingerprint density at radius 3 is 2.85 bits per heavy atom. The Hall–Kier alpha value is -1.43. The van der Waals surface area contributed by atoms with Gasteiger partial charge in [0.2, 0.25) is 0 Å². The highest BCUT2D eigenvalue weighted by atomic mass is 79.9. The molecule has 1 heterocycles. The molecule has 0 aliphatic heterocycles. The molecular weight excluding hydrogens is 318 g/mol. The molecule has 6 heteroatoms. The Morgan fingerprint density at radius 1 is 1.40 bits per heavy atom. The van der Waals surface area contributed by atoms with Gasteiger partial charge in [0.15, 0.2) is 5.82 Å². The summed E-state index contributed by atoms with van der Waals surface area (Å²) in [7, 11) is 0. The summed E-state index contributed by atoms with van der Waals surface area (Å²) in [6, 6.07) is 4.19. The van der Waals surface area contributed by atoms with E-state index in [-0.39, 0.29) is 6.04 Å². The van der Waals surface area contributed by atoms with E-state index in [4.69, 9.17) is 5.73 Å². The quantitative estimate of drug-likeness (QED) is 0.843. The largest absolute Gasteiger partial charge is 0.398 e. The lowest BCUT2D eigenvalue weighted by molar-refractivity contribution is 0.437. The predicted octanol–water partition coefficient (Wildman–Crippen LogP) is 3.74. The molecular formula is C14H20BrN5. The van der Waals surface area contributed by atoms with E-state index >= 15 is 0 Å². The summed E-state index contributed by atoms with van der Waals surface area (Å²) in [5.41, 5.74) is 8.75. The number of benzene rings is 1. The van der Waals surface area contributed by atoms with E-state index in [1.807, 2.05) is 23.7 Å². The van der Waals surface area contributed by atoms with E-state index < -0.39 is 0 Å². The Labute approximate surface area is 127 Å². The number of tetrazole rings is 1. The predicted molar refractivity (Wildman–Crippen MR) is 84.3 cm³/mol. The maximum Gasteiger partial charge on any atom is 0.182 e. The lowest BCUT2D eigenvalue weighted by Gasteiger charge is -2.15. The van der Waals surface area contributed by atoms with Crippen LogP contribution in [0.5, 0.6) is 0 Å². The summed E-state index contributed by atoms with van der Waals surface area (Å²) in [4.78, 5) is 0. The van der Waals surface area contributed by atoms with E-state index in [1.165, 1.54) is 12.8 Å². The van der Waals surface area contributed by atoms with Crippen molar-refractivity contribution in [2.24, 2.45) is 0 Å². The van der Waals surface area contributed by atoms with Crippen molar-refractivity contribution >= 4 is 21.6 Å². The van der Waals surface area contributed by atoms with Gasteiger partial charge in [-0.15, -0.1) is 5.10 Å². The summed E-state index contributed by atoms with van der Waals surface area (Å²) in [5, 5.41) is 12.2. The van der Waals surface area contributed by atoms with Gasteiger partial charge in [0.25, 0.3) is 0 Å². The Kier molecular flexibility index (Phi) is 4.75. The van der Waals surface area contributed by atoms with Crippen molar-refractivity contribution in [3.63, 3.8) is 0 Å². The van der Waals surface area contributed by atoms with Crippen LogP contribution in [0.2, 0.25) is 0 Å². The molecule has 1 aromatic heterocycles. The summed E-state index contributed by atoms with van der Waals surface area (Å²) in [6.07, 6.45) is 3.40. The number of nitrogen functional groups attached to an aromatic ring is 1. The molecule has 0 aliphatic carbocycles. The first-order chi connectivity index (χ1) is 9.54. The second kappa shape index (κ2) is 6.35. The maximum atomic E-state index is 6.03. The minimum Gasteiger partial charge on any atom is -0.398 e. The smallest absolute Gasteiger partial charge is 0.182 e. The average molecular weight is 338 g/mol. The summed E-state index contributed by atoms with van der Waals surface area (Å²) in [5.74, 6) is 0.777. The zero-order chi connectivity index (χ0) is 14.7. The third-order valence-corrected chi connectivity index (χ3v) is 4.00. The first-order valence-corrected chi connectivity index (χ1v) is 7.67. The van der Waals surface area contributed by atoms with Crippen LogP contribution in [-0.2, 0) is 0 Å². The summed E-state index contributed by atoms with van der Waals surface area (Å²) < 4.78 is 2.83. The van der Waals surface area contributed by atoms with Crippen LogP contribution >= 0.6 is 15.9 Å². The van der Waals surface area contributed by atoms with Crippen LogP contribution in [0.1, 0.15) is 44.7 Å². The molecule has 0 fully saturated rings. The van der Waals surface area contributed by atoms with E-state index in [0.717, 1.165) is 33.5 Å². The van der Waals surface area contributed by atoms with Gasteiger partial charge in [-0.1, -0.05) is 35.7 Å². The molecule has 2 aromatic rings. The molecule has 20 heavy (non-hydrogen) atoms. The molecule has 0 bridgehead atoms. The third kappa shape index (κ3) is 3.00. The summed E-state index contributed by atoms with van der Waals surface area (Å²) in [6.45, 7) is 6.32. The monoisotopic (exact) mass is 337 g/mol. The van der Waals surface area contributed by atoms with E-state index in [9.17, 15) is 0 Å². The highest BCUT2D eigenvalue weighted by molar-refractivity contribution is 9.10. The topological polar surface area (TPSA) is 69.6 Å². The number of rotatable bonds is 5. The fourth-order valence-corrected chi connectivity index (χ4v) is 2.70. The van der Waals surface area contributed by atoms with Crippen molar-refractivity contribution in [3.8, 4) is 11.4 Å². The summed E-state index contributed by atoms with van der Waals surface area (Å²) >= 11 is 3.48. The van der Waals surface area contributed by atoms with Crippen molar-refractivity contribution in [1.29, 1.82) is 0 Å². The van der Waals surface area contributed by atoms with Gasteiger partial charge in [-0.05, 0) is 48.4 Å². The van der Waals surface area contributed by atoms with Crippen molar-refractivity contribution in [1.82, 2.24) is 20.2 Å². The number of halogens is 1. The van der Waals surface area contributed by atoms with Gasteiger partial charge in [-0.2, -0.15) is 0 Å². The van der Waals surface area contributed by atoms with Crippen LogP contribution in [0, 0.1) is 6.92 Å². The minimum absolute atomic E-state index is 0.277. The Balaban J connectivity index is 2.42. The molecule has 0 aliphatic rings. The van der Waals surface area contributed by atoms with E-state index in [0.29, 0.717) is 0 Å². The van der Waals surface area contributed by atoms with Gasteiger partial charge in [0, 0.05) is 15.7 Å². The number of hydrogen-bond acceptors (Lipinski definition) is 4. The number of nitrogens with two attached hydrogens (primary N) is 1. The first-order valence-electron chi connectivity index (χ1n) is 6.88. The number of hydrogen-bond donors (Lipinski definition) is 1.